The number of likely N-dealkylation sites (tertiary alicyclic amines) is 1. The molecule has 37 heavy (non-hydrogen) atoms. The molecule has 0 unspecified atom stereocenters. The van der Waals surface area contributed by atoms with Gasteiger partial charge in [0.25, 0.3) is 5.56 Å². The van der Waals surface area contributed by atoms with Crippen molar-refractivity contribution in [2.24, 2.45) is 7.05 Å². The Morgan fingerprint density at radius 3 is 2.57 bits per heavy atom. The number of pyridine rings is 1. The van der Waals surface area contributed by atoms with E-state index in [-0.39, 0.29) is 11.5 Å². The zero-order valence-corrected chi connectivity index (χ0v) is 21.2. The van der Waals surface area contributed by atoms with Gasteiger partial charge in [-0.05, 0) is 42.2 Å². The van der Waals surface area contributed by atoms with Crippen LogP contribution in [0.2, 0.25) is 0 Å². The van der Waals surface area contributed by atoms with Gasteiger partial charge in [-0.25, -0.2) is 0 Å². The van der Waals surface area contributed by atoms with Crippen LogP contribution in [-0.4, -0.2) is 51.0 Å². The largest absolute Gasteiger partial charge is 0.489 e. The van der Waals surface area contributed by atoms with Gasteiger partial charge in [0, 0.05) is 63.0 Å². The monoisotopic (exact) mass is 496 g/mol. The molecule has 7 nitrogen and oxygen atoms in total. The first-order chi connectivity index (χ1) is 18.1. The first kappa shape index (κ1) is 23.6. The highest BCUT2D eigenvalue weighted by atomic mass is 16.5. The molecule has 0 N–H and O–H groups in total. The molecule has 4 heterocycles. The van der Waals surface area contributed by atoms with E-state index in [1.165, 1.54) is 16.6 Å². The summed E-state index contributed by atoms with van der Waals surface area (Å²) in [7, 11) is 2.10. The second kappa shape index (κ2) is 9.90. The Hall–Kier alpha value is -3.84. The third kappa shape index (κ3) is 4.67. The molecule has 6 rings (SSSR count). The minimum absolute atomic E-state index is 0.129. The third-order valence-corrected chi connectivity index (χ3v) is 7.70. The third-order valence-electron chi connectivity index (χ3n) is 7.70. The van der Waals surface area contributed by atoms with Crippen LogP contribution in [0.15, 0.2) is 71.7 Å². The van der Waals surface area contributed by atoms with Gasteiger partial charge in [-0.15, -0.1) is 0 Å². The molecular weight excluding hydrogens is 464 g/mol. The van der Waals surface area contributed by atoms with Crippen LogP contribution in [0.25, 0.3) is 16.6 Å². The highest BCUT2D eigenvalue weighted by molar-refractivity contribution is 5.87. The van der Waals surface area contributed by atoms with Gasteiger partial charge in [0.15, 0.2) is 0 Å². The number of hydrogen-bond acceptors (Lipinski definition) is 4. The van der Waals surface area contributed by atoms with Crippen LogP contribution in [0.3, 0.4) is 0 Å². The predicted molar refractivity (Wildman–Crippen MR) is 144 cm³/mol. The maximum absolute atomic E-state index is 13.0. The summed E-state index contributed by atoms with van der Waals surface area (Å²) in [6.07, 6.45) is 4.93. The molecule has 4 aromatic rings. The van der Waals surface area contributed by atoms with Gasteiger partial charge in [0.2, 0.25) is 5.91 Å². The molecule has 2 aromatic carbocycles. The van der Waals surface area contributed by atoms with Crippen molar-refractivity contribution in [2.45, 2.75) is 32.4 Å². The van der Waals surface area contributed by atoms with Crippen molar-refractivity contribution in [2.75, 3.05) is 26.2 Å². The molecule has 1 amide bonds. The second-order valence-corrected chi connectivity index (χ2v) is 10.1. The van der Waals surface area contributed by atoms with Gasteiger partial charge in [-0.3, -0.25) is 19.1 Å². The number of fused-ring (bicyclic) bond motifs is 3. The van der Waals surface area contributed by atoms with Crippen molar-refractivity contribution in [3.63, 3.8) is 0 Å². The maximum atomic E-state index is 13.0. The number of rotatable bonds is 6. The molecule has 2 aliphatic heterocycles. The van der Waals surface area contributed by atoms with E-state index < -0.39 is 0 Å². The molecule has 1 fully saturated rings. The molecule has 2 aliphatic rings. The molecular formula is C30H32N4O3. The number of aryl methyl sites for hydroxylation is 1. The van der Waals surface area contributed by atoms with Crippen molar-refractivity contribution in [3.8, 4) is 11.4 Å². The van der Waals surface area contributed by atoms with Crippen molar-refractivity contribution < 1.29 is 9.53 Å². The van der Waals surface area contributed by atoms with Crippen LogP contribution < -0.4 is 10.3 Å². The van der Waals surface area contributed by atoms with Crippen molar-refractivity contribution >= 4 is 16.8 Å². The number of ether oxygens (including phenoxy) is 1. The fraction of sp³-hybridized carbons (Fsp3) is 0.333. The van der Waals surface area contributed by atoms with Crippen LogP contribution in [-0.2, 0) is 31.4 Å². The van der Waals surface area contributed by atoms with Gasteiger partial charge in [0.1, 0.15) is 12.4 Å². The molecule has 1 saturated heterocycles. The number of hydrogen-bond donors (Lipinski definition) is 0. The molecule has 0 radical (unpaired) electrons. The SMILES string of the molecule is Cn1c2c(c3ccc(-n4ccc(OCc5ccccc5)cc4=O)cc31)CN(CC(=O)N1CCCC1)CC2. The Labute approximate surface area is 216 Å². The van der Waals surface area contributed by atoms with Crippen molar-refractivity contribution in [1.29, 1.82) is 0 Å². The number of benzene rings is 2. The standard InChI is InChI=1S/C30H32N4O3/c1-31-27-12-15-32(20-30(36)33-13-5-6-14-33)19-26(27)25-10-9-23(17-28(25)31)34-16-11-24(18-29(34)35)37-21-22-7-3-2-4-8-22/h2-4,7-11,16-18H,5-6,12-15,19-21H2,1H3. The second-order valence-electron chi connectivity index (χ2n) is 10.1. The normalized spacial score (nSPS) is 15.8. The molecule has 0 saturated carbocycles. The Bertz CT molecular complexity index is 1500. The Morgan fingerprint density at radius 2 is 1.78 bits per heavy atom. The maximum Gasteiger partial charge on any atom is 0.258 e. The van der Waals surface area contributed by atoms with Gasteiger partial charge < -0.3 is 14.2 Å². The van der Waals surface area contributed by atoms with Crippen LogP contribution in [0.5, 0.6) is 5.75 Å². The predicted octanol–water partition coefficient (Wildman–Crippen LogP) is 3.89. The summed E-state index contributed by atoms with van der Waals surface area (Å²) in [5, 5.41) is 1.19. The summed E-state index contributed by atoms with van der Waals surface area (Å²) in [4.78, 5) is 29.9. The van der Waals surface area contributed by atoms with E-state index in [0.29, 0.717) is 18.9 Å². The van der Waals surface area contributed by atoms with Crippen LogP contribution in [0.4, 0.5) is 0 Å². The number of carbonyl (C=O) groups is 1. The van der Waals surface area contributed by atoms with E-state index in [4.69, 9.17) is 4.74 Å². The average molecular weight is 497 g/mol. The minimum Gasteiger partial charge on any atom is -0.489 e. The highest BCUT2D eigenvalue weighted by Crippen LogP contribution is 2.31. The molecule has 0 aliphatic carbocycles. The number of nitrogens with zero attached hydrogens (tertiary/aromatic N) is 4. The van der Waals surface area contributed by atoms with Crippen molar-refractivity contribution in [3.05, 3.63) is 94.0 Å². The lowest BCUT2D eigenvalue weighted by Crippen LogP contribution is -2.41. The first-order valence-electron chi connectivity index (χ1n) is 13.1. The van der Waals surface area contributed by atoms with Gasteiger partial charge in [-0.1, -0.05) is 36.4 Å². The lowest BCUT2D eigenvalue weighted by molar-refractivity contribution is -0.131. The Balaban J connectivity index is 1.22. The van der Waals surface area contributed by atoms with E-state index in [1.54, 1.807) is 16.8 Å². The van der Waals surface area contributed by atoms with E-state index in [2.05, 4.69) is 28.6 Å². The van der Waals surface area contributed by atoms with E-state index >= 15 is 0 Å². The summed E-state index contributed by atoms with van der Waals surface area (Å²) in [6.45, 7) is 4.36. The average Bonchev–Trinajstić information content (AvgIpc) is 3.56. The topological polar surface area (TPSA) is 59.7 Å². The van der Waals surface area contributed by atoms with Gasteiger partial charge in [0.05, 0.1) is 17.7 Å². The van der Waals surface area contributed by atoms with E-state index in [1.807, 2.05) is 47.4 Å². The molecule has 0 spiro atoms. The van der Waals surface area contributed by atoms with Crippen LogP contribution >= 0.6 is 0 Å². The summed E-state index contributed by atoms with van der Waals surface area (Å²) < 4.78 is 9.73. The van der Waals surface area contributed by atoms with Gasteiger partial charge >= 0.3 is 0 Å². The van der Waals surface area contributed by atoms with Crippen molar-refractivity contribution in [1.82, 2.24) is 18.9 Å². The first-order valence-corrected chi connectivity index (χ1v) is 13.1. The number of amides is 1. The molecule has 2 aromatic heterocycles. The number of aromatic nitrogens is 2. The minimum atomic E-state index is -0.129. The van der Waals surface area contributed by atoms with E-state index in [9.17, 15) is 9.59 Å². The molecule has 0 bridgehead atoms. The quantitative estimate of drug-likeness (QED) is 0.407. The summed E-state index contributed by atoms with van der Waals surface area (Å²) in [5.74, 6) is 0.808. The summed E-state index contributed by atoms with van der Waals surface area (Å²) in [6, 6.07) is 19.5. The molecule has 190 valence electrons. The van der Waals surface area contributed by atoms with E-state index in [0.717, 1.165) is 62.2 Å². The van der Waals surface area contributed by atoms with Gasteiger partial charge in [-0.2, -0.15) is 0 Å². The molecule has 7 heteroatoms. The zero-order chi connectivity index (χ0) is 25.4. The summed E-state index contributed by atoms with van der Waals surface area (Å²) in [5.41, 5.74) is 5.47. The highest BCUT2D eigenvalue weighted by Gasteiger charge is 2.26. The lowest BCUT2D eigenvalue weighted by Gasteiger charge is -2.28. The smallest absolute Gasteiger partial charge is 0.258 e. The van der Waals surface area contributed by atoms with Crippen LogP contribution in [0.1, 0.15) is 29.7 Å². The Kier molecular flexibility index (Phi) is 6.30. The lowest BCUT2D eigenvalue weighted by atomic mass is 10.0. The zero-order valence-electron chi connectivity index (χ0n) is 21.2. The fourth-order valence-electron chi connectivity index (χ4n) is 5.67. The fourth-order valence-corrected chi connectivity index (χ4v) is 5.67. The Morgan fingerprint density at radius 1 is 0.973 bits per heavy atom. The number of carbonyl (C=O) groups excluding carboxylic acids is 1. The van der Waals surface area contributed by atoms with Crippen LogP contribution in [0, 0.1) is 0 Å². The summed E-state index contributed by atoms with van der Waals surface area (Å²) >= 11 is 0. The molecule has 0 atom stereocenters.